The van der Waals surface area contributed by atoms with Crippen LogP contribution in [-0.4, -0.2) is 32.7 Å². The van der Waals surface area contributed by atoms with E-state index in [0.29, 0.717) is 24.5 Å². The van der Waals surface area contributed by atoms with Gasteiger partial charge in [-0.3, -0.25) is 4.79 Å². The fraction of sp³-hybridized carbons (Fsp3) is 0.533. The van der Waals surface area contributed by atoms with Crippen LogP contribution in [0.4, 0.5) is 0 Å². The second kappa shape index (κ2) is 8.43. The van der Waals surface area contributed by atoms with E-state index in [0.717, 1.165) is 18.4 Å². The van der Waals surface area contributed by atoms with Gasteiger partial charge in [0, 0.05) is 13.1 Å². The molecule has 112 valence electrons. The average Bonchev–Trinajstić information content (AvgIpc) is 2.47. The molecule has 1 unspecified atom stereocenters. The zero-order valence-corrected chi connectivity index (χ0v) is 12.4. The van der Waals surface area contributed by atoms with Crippen LogP contribution in [0.25, 0.3) is 0 Å². The summed E-state index contributed by atoms with van der Waals surface area (Å²) in [6.07, 6.45) is 2.05. The molecule has 0 aliphatic heterocycles. The van der Waals surface area contributed by atoms with Crippen LogP contribution in [0, 0.1) is 0 Å². The Morgan fingerprint density at radius 3 is 2.75 bits per heavy atom. The van der Waals surface area contributed by atoms with Gasteiger partial charge in [-0.15, -0.1) is 0 Å². The molecule has 0 saturated heterocycles. The topological polar surface area (TPSA) is 73.6 Å². The molecule has 0 bridgehead atoms. The van der Waals surface area contributed by atoms with Crippen molar-refractivity contribution in [3.8, 4) is 11.5 Å². The predicted octanol–water partition coefficient (Wildman–Crippen LogP) is 1.49. The first kappa shape index (κ1) is 16.3. The van der Waals surface area contributed by atoms with Crippen molar-refractivity contribution in [1.82, 2.24) is 5.32 Å². The van der Waals surface area contributed by atoms with Gasteiger partial charge in [0.15, 0.2) is 11.5 Å². The highest BCUT2D eigenvalue weighted by molar-refractivity contribution is 5.75. The third-order valence-electron chi connectivity index (χ3n) is 3.12. The van der Waals surface area contributed by atoms with Crippen LogP contribution < -0.4 is 20.5 Å². The van der Waals surface area contributed by atoms with Crippen LogP contribution in [0.5, 0.6) is 11.5 Å². The monoisotopic (exact) mass is 280 g/mol. The van der Waals surface area contributed by atoms with E-state index in [1.54, 1.807) is 14.2 Å². The highest BCUT2D eigenvalue weighted by atomic mass is 16.5. The number of rotatable bonds is 8. The summed E-state index contributed by atoms with van der Waals surface area (Å²) in [5.41, 5.74) is 7.07. The van der Waals surface area contributed by atoms with Crippen LogP contribution in [0.3, 0.4) is 0 Å². The van der Waals surface area contributed by atoms with Crippen molar-refractivity contribution in [3.63, 3.8) is 0 Å². The number of amides is 1. The maximum atomic E-state index is 11.2. The smallest absolute Gasteiger partial charge is 0.223 e. The molecule has 1 aromatic rings. The van der Waals surface area contributed by atoms with Crippen LogP contribution in [0.2, 0.25) is 0 Å². The van der Waals surface area contributed by atoms with Gasteiger partial charge in [-0.1, -0.05) is 13.0 Å². The van der Waals surface area contributed by atoms with Crippen LogP contribution in [0.15, 0.2) is 18.2 Å². The second-order valence-electron chi connectivity index (χ2n) is 4.63. The van der Waals surface area contributed by atoms with Crippen molar-refractivity contribution in [2.24, 2.45) is 5.73 Å². The summed E-state index contributed by atoms with van der Waals surface area (Å²) >= 11 is 0. The third-order valence-corrected chi connectivity index (χ3v) is 3.12. The minimum atomic E-state index is -0.0480. The summed E-state index contributed by atoms with van der Waals surface area (Å²) in [7, 11) is 3.20. The first-order valence-corrected chi connectivity index (χ1v) is 6.86. The molecule has 0 aliphatic carbocycles. The number of hydrogen-bond donors (Lipinski definition) is 2. The number of nitrogens with two attached hydrogens (primary N) is 1. The molecular weight excluding hydrogens is 256 g/mol. The Balaban J connectivity index is 2.70. The number of ether oxygens (including phenoxy) is 2. The highest BCUT2D eigenvalue weighted by Crippen LogP contribution is 2.28. The third kappa shape index (κ3) is 5.09. The maximum Gasteiger partial charge on any atom is 0.223 e. The van der Waals surface area contributed by atoms with E-state index in [1.807, 2.05) is 18.2 Å². The maximum absolute atomic E-state index is 11.2. The number of benzene rings is 1. The van der Waals surface area contributed by atoms with Crippen molar-refractivity contribution in [2.75, 3.05) is 20.8 Å². The van der Waals surface area contributed by atoms with E-state index in [4.69, 9.17) is 15.2 Å². The normalized spacial score (nSPS) is 11.8. The minimum Gasteiger partial charge on any atom is -0.493 e. The van der Waals surface area contributed by atoms with E-state index in [1.165, 1.54) is 0 Å². The lowest BCUT2D eigenvalue weighted by Gasteiger charge is -2.14. The molecule has 1 rings (SSSR count). The molecule has 1 atom stereocenters. The summed E-state index contributed by atoms with van der Waals surface area (Å²) in [6.45, 7) is 2.38. The van der Waals surface area contributed by atoms with Crippen molar-refractivity contribution < 1.29 is 14.3 Å². The van der Waals surface area contributed by atoms with Crippen molar-refractivity contribution in [3.05, 3.63) is 23.8 Å². The Kier molecular flexibility index (Phi) is 6.87. The summed E-state index contributed by atoms with van der Waals surface area (Å²) in [6, 6.07) is 5.92. The molecule has 5 nitrogen and oxygen atoms in total. The summed E-state index contributed by atoms with van der Waals surface area (Å²) in [4.78, 5) is 11.2. The van der Waals surface area contributed by atoms with E-state index in [-0.39, 0.29) is 11.9 Å². The Morgan fingerprint density at radius 1 is 1.40 bits per heavy atom. The van der Waals surface area contributed by atoms with Gasteiger partial charge >= 0.3 is 0 Å². The quantitative estimate of drug-likeness (QED) is 0.756. The SMILES string of the molecule is CCC(N)Cc1ccc(OC)c(OCCC(=O)NC)c1. The molecule has 3 N–H and O–H groups in total. The molecule has 0 saturated carbocycles. The minimum absolute atomic E-state index is 0.0480. The first-order chi connectivity index (χ1) is 9.60. The van der Waals surface area contributed by atoms with Crippen LogP contribution in [-0.2, 0) is 11.2 Å². The standard InChI is InChI=1S/C15H24N2O3/c1-4-12(16)9-11-5-6-13(19-3)14(10-11)20-8-7-15(18)17-2/h5-6,10,12H,4,7-9,16H2,1-3H3,(H,17,18). The van der Waals surface area contributed by atoms with Gasteiger partial charge < -0.3 is 20.5 Å². The molecule has 1 aromatic carbocycles. The fourth-order valence-corrected chi connectivity index (χ4v) is 1.79. The van der Waals surface area contributed by atoms with Gasteiger partial charge in [-0.25, -0.2) is 0 Å². The molecule has 0 fully saturated rings. The predicted molar refractivity (Wildman–Crippen MR) is 79.1 cm³/mol. The largest absolute Gasteiger partial charge is 0.493 e. The number of carbonyl (C=O) groups excluding carboxylic acids is 1. The Hall–Kier alpha value is -1.75. The summed E-state index contributed by atoms with van der Waals surface area (Å²) in [5.74, 6) is 1.26. The van der Waals surface area contributed by atoms with Crippen molar-refractivity contribution in [1.29, 1.82) is 0 Å². The molecule has 0 aliphatic rings. The highest BCUT2D eigenvalue weighted by Gasteiger charge is 2.09. The van der Waals surface area contributed by atoms with E-state index < -0.39 is 0 Å². The molecule has 1 amide bonds. The lowest BCUT2D eigenvalue weighted by atomic mass is 10.0. The number of nitrogens with one attached hydrogen (secondary N) is 1. The zero-order valence-electron chi connectivity index (χ0n) is 12.4. The van der Waals surface area contributed by atoms with Gasteiger partial charge in [0.05, 0.1) is 20.1 Å². The second-order valence-corrected chi connectivity index (χ2v) is 4.63. The molecule has 0 spiro atoms. The van der Waals surface area contributed by atoms with Gasteiger partial charge in [-0.2, -0.15) is 0 Å². The molecule has 0 aromatic heterocycles. The van der Waals surface area contributed by atoms with Gasteiger partial charge in [0.25, 0.3) is 0 Å². The van der Waals surface area contributed by atoms with Gasteiger partial charge in [0.2, 0.25) is 5.91 Å². The van der Waals surface area contributed by atoms with Crippen molar-refractivity contribution >= 4 is 5.91 Å². The molecular formula is C15H24N2O3. The number of methoxy groups -OCH3 is 1. The van der Waals surface area contributed by atoms with Crippen molar-refractivity contribution in [2.45, 2.75) is 32.2 Å². The molecule has 0 heterocycles. The summed E-state index contributed by atoms with van der Waals surface area (Å²) < 4.78 is 10.9. The van der Waals surface area contributed by atoms with E-state index >= 15 is 0 Å². The average molecular weight is 280 g/mol. The lowest BCUT2D eigenvalue weighted by Crippen LogP contribution is -2.21. The fourth-order valence-electron chi connectivity index (χ4n) is 1.79. The first-order valence-electron chi connectivity index (χ1n) is 6.86. The zero-order chi connectivity index (χ0) is 15.0. The van der Waals surface area contributed by atoms with E-state index in [2.05, 4.69) is 12.2 Å². The lowest BCUT2D eigenvalue weighted by molar-refractivity contribution is -0.121. The Labute approximate surface area is 120 Å². The number of carbonyl (C=O) groups is 1. The Bertz CT molecular complexity index is 435. The summed E-state index contributed by atoms with van der Waals surface area (Å²) in [5, 5.41) is 2.56. The van der Waals surface area contributed by atoms with Crippen LogP contribution in [0.1, 0.15) is 25.3 Å². The molecule has 5 heteroatoms. The molecule has 0 radical (unpaired) electrons. The number of hydrogen-bond acceptors (Lipinski definition) is 4. The molecule has 20 heavy (non-hydrogen) atoms. The van der Waals surface area contributed by atoms with Gasteiger partial charge in [0.1, 0.15) is 0 Å². The van der Waals surface area contributed by atoms with Crippen LogP contribution >= 0.6 is 0 Å². The van der Waals surface area contributed by atoms with Gasteiger partial charge in [-0.05, 0) is 30.5 Å². The Morgan fingerprint density at radius 2 is 2.15 bits per heavy atom. The van der Waals surface area contributed by atoms with E-state index in [9.17, 15) is 4.79 Å².